The van der Waals surface area contributed by atoms with Crippen LogP contribution in [0, 0.1) is 11.8 Å². The lowest BCUT2D eigenvalue weighted by atomic mass is 10.1. The van der Waals surface area contributed by atoms with Crippen LogP contribution in [-0.2, 0) is 19.1 Å². The number of carbonyl (C=O) groups excluding carboxylic acids is 2. The predicted molar refractivity (Wildman–Crippen MR) is 87.2 cm³/mol. The average Bonchev–Trinajstić information content (AvgIpc) is 2.46. The number of ether oxygens (including phenoxy) is 2. The second-order valence-corrected chi connectivity index (χ2v) is 5.43. The average molecular weight is 310 g/mol. The molecule has 0 aromatic rings. The molecule has 0 amide bonds. The quantitative estimate of drug-likeness (QED) is 0.329. The summed E-state index contributed by atoms with van der Waals surface area (Å²) in [6, 6.07) is 0. The summed E-state index contributed by atoms with van der Waals surface area (Å²) in [5, 5.41) is 0. The highest BCUT2D eigenvalue weighted by Crippen LogP contribution is 2.09. The smallest absolute Gasteiger partial charge is 0.307 e. The highest BCUT2D eigenvalue weighted by atomic mass is 16.5. The second kappa shape index (κ2) is 13.2. The second-order valence-electron chi connectivity index (χ2n) is 5.43. The maximum Gasteiger partial charge on any atom is 0.307 e. The van der Waals surface area contributed by atoms with Crippen LogP contribution in [0.3, 0.4) is 0 Å². The van der Waals surface area contributed by atoms with Gasteiger partial charge < -0.3 is 9.47 Å². The van der Waals surface area contributed by atoms with E-state index in [1.165, 1.54) is 0 Å². The minimum Gasteiger partial charge on any atom is -0.463 e. The largest absolute Gasteiger partial charge is 0.463 e. The molecule has 0 saturated carbocycles. The maximum absolute atomic E-state index is 11.7. The zero-order valence-corrected chi connectivity index (χ0v) is 14.4. The molecule has 0 heterocycles. The Balaban J connectivity index is 3.82. The summed E-state index contributed by atoms with van der Waals surface area (Å²) in [6.07, 6.45) is 5.50. The van der Waals surface area contributed by atoms with Gasteiger partial charge in [-0.3, -0.25) is 9.59 Å². The van der Waals surface area contributed by atoms with Crippen molar-refractivity contribution in [2.75, 3.05) is 0 Å². The third-order valence-corrected chi connectivity index (χ3v) is 3.26. The van der Waals surface area contributed by atoms with Gasteiger partial charge in [-0.05, 0) is 39.5 Å². The van der Waals surface area contributed by atoms with E-state index < -0.39 is 0 Å². The number of unbranched alkanes of at least 4 members (excludes halogenated alkanes) is 2. The Labute approximate surface area is 134 Å². The summed E-state index contributed by atoms with van der Waals surface area (Å²) in [5.41, 5.74) is 0. The summed E-state index contributed by atoms with van der Waals surface area (Å²) in [6.45, 7) is 7.69. The van der Waals surface area contributed by atoms with Crippen molar-refractivity contribution in [3.63, 3.8) is 0 Å². The van der Waals surface area contributed by atoms with E-state index in [1.807, 2.05) is 13.8 Å². The SMILES string of the molecule is CC#CC(CC)OC(=O)CCCC(=O)OC(C)CCCCC. The fraction of sp³-hybridized carbons (Fsp3) is 0.778. The summed E-state index contributed by atoms with van der Waals surface area (Å²) in [5.74, 6) is 5.02. The van der Waals surface area contributed by atoms with Gasteiger partial charge in [0, 0.05) is 12.8 Å². The Kier molecular flexibility index (Phi) is 12.3. The lowest BCUT2D eigenvalue weighted by molar-refractivity contribution is -0.149. The van der Waals surface area contributed by atoms with Crippen LogP contribution < -0.4 is 0 Å². The van der Waals surface area contributed by atoms with E-state index in [2.05, 4.69) is 18.8 Å². The molecule has 126 valence electrons. The van der Waals surface area contributed by atoms with E-state index >= 15 is 0 Å². The number of hydrogen-bond acceptors (Lipinski definition) is 4. The van der Waals surface area contributed by atoms with E-state index in [1.54, 1.807) is 6.92 Å². The zero-order chi connectivity index (χ0) is 16.8. The first-order valence-electron chi connectivity index (χ1n) is 8.34. The van der Waals surface area contributed by atoms with E-state index in [0.717, 1.165) is 25.7 Å². The first-order chi connectivity index (χ1) is 10.5. The van der Waals surface area contributed by atoms with Crippen molar-refractivity contribution in [1.82, 2.24) is 0 Å². The van der Waals surface area contributed by atoms with Crippen molar-refractivity contribution >= 4 is 11.9 Å². The summed E-state index contributed by atoms with van der Waals surface area (Å²) in [7, 11) is 0. The molecule has 0 aliphatic heterocycles. The van der Waals surface area contributed by atoms with Crippen molar-refractivity contribution in [2.24, 2.45) is 0 Å². The molecule has 0 radical (unpaired) electrons. The van der Waals surface area contributed by atoms with Gasteiger partial charge >= 0.3 is 11.9 Å². The third-order valence-electron chi connectivity index (χ3n) is 3.26. The topological polar surface area (TPSA) is 52.6 Å². The number of rotatable bonds is 11. The molecular formula is C18H30O4. The van der Waals surface area contributed by atoms with Gasteiger partial charge in [0.25, 0.3) is 0 Å². The Morgan fingerprint density at radius 2 is 1.64 bits per heavy atom. The molecule has 2 atom stereocenters. The molecule has 0 N–H and O–H groups in total. The standard InChI is InChI=1S/C18H30O4/c1-5-8-9-12-15(4)21-17(19)13-10-14-18(20)22-16(7-3)11-6-2/h15-16H,5,7-10,12-14H2,1-4H3. The molecule has 0 aromatic carbocycles. The lowest BCUT2D eigenvalue weighted by Crippen LogP contribution is -2.17. The molecule has 2 unspecified atom stereocenters. The molecule has 0 rings (SSSR count). The van der Waals surface area contributed by atoms with Crippen LogP contribution in [0.1, 0.15) is 79.1 Å². The molecule has 0 aliphatic rings. The minimum absolute atomic E-state index is 0.0460. The molecule has 0 spiro atoms. The fourth-order valence-corrected chi connectivity index (χ4v) is 1.99. The normalized spacial score (nSPS) is 12.7. The fourth-order valence-electron chi connectivity index (χ4n) is 1.99. The van der Waals surface area contributed by atoms with Gasteiger partial charge in [0.15, 0.2) is 6.10 Å². The van der Waals surface area contributed by atoms with E-state index in [0.29, 0.717) is 12.8 Å². The van der Waals surface area contributed by atoms with Gasteiger partial charge in [-0.1, -0.05) is 32.6 Å². The highest BCUT2D eigenvalue weighted by molar-refractivity contribution is 5.72. The van der Waals surface area contributed by atoms with Gasteiger partial charge in [-0.2, -0.15) is 0 Å². The molecule has 4 heteroatoms. The lowest BCUT2D eigenvalue weighted by Gasteiger charge is -2.13. The first kappa shape index (κ1) is 20.5. The van der Waals surface area contributed by atoms with Crippen LogP contribution in [0.25, 0.3) is 0 Å². The molecule has 0 aliphatic carbocycles. The van der Waals surface area contributed by atoms with Crippen molar-refractivity contribution in [1.29, 1.82) is 0 Å². The van der Waals surface area contributed by atoms with Crippen LogP contribution in [0.2, 0.25) is 0 Å². The Bertz CT molecular complexity index is 378. The van der Waals surface area contributed by atoms with E-state index in [-0.39, 0.29) is 37.0 Å². The predicted octanol–water partition coefficient (Wildman–Crippen LogP) is 4.01. The van der Waals surface area contributed by atoms with Crippen LogP contribution in [0.15, 0.2) is 0 Å². The molecular weight excluding hydrogens is 280 g/mol. The minimum atomic E-state index is -0.344. The van der Waals surface area contributed by atoms with Gasteiger partial charge in [0.1, 0.15) is 0 Å². The summed E-state index contributed by atoms with van der Waals surface area (Å²) < 4.78 is 10.5. The van der Waals surface area contributed by atoms with E-state index in [4.69, 9.17) is 9.47 Å². The van der Waals surface area contributed by atoms with Crippen LogP contribution >= 0.6 is 0 Å². The molecule has 22 heavy (non-hydrogen) atoms. The van der Waals surface area contributed by atoms with Crippen LogP contribution in [0.5, 0.6) is 0 Å². The zero-order valence-electron chi connectivity index (χ0n) is 14.4. The van der Waals surface area contributed by atoms with Gasteiger partial charge in [-0.25, -0.2) is 0 Å². The molecule has 0 saturated heterocycles. The Morgan fingerprint density at radius 3 is 2.18 bits per heavy atom. The number of carbonyl (C=O) groups is 2. The van der Waals surface area contributed by atoms with Crippen molar-refractivity contribution in [3.8, 4) is 11.8 Å². The summed E-state index contributed by atoms with van der Waals surface area (Å²) in [4.78, 5) is 23.3. The maximum atomic E-state index is 11.7. The monoisotopic (exact) mass is 310 g/mol. The van der Waals surface area contributed by atoms with Crippen molar-refractivity contribution in [2.45, 2.75) is 91.3 Å². The van der Waals surface area contributed by atoms with Crippen molar-refractivity contribution in [3.05, 3.63) is 0 Å². The number of esters is 2. The summed E-state index contributed by atoms with van der Waals surface area (Å²) >= 11 is 0. The molecule has 0 bridgehead atoms. The Morgan fingerprint density at radius 1 is 1.00 bits per heavy atom. The van der Waals surface area contributed by atoms with Crippen LogP contribution in [0.4, 0.5) is 0 Å². The van der Waals surface area contributed by atoms with Crippen molar-refractivity contribution < 1.29 is 19.1 Å². The highest BCUT2D eigenvalue weighted by Gasteiger charge is 2.13. The molecule has 0 fully saturated rings. The van der Waals surface area contributed by atoms with Gasteiger partial charge in [0.2, 0.25) is 0 Å². The number of hydrogen-bond donors (Lipinski definition) is 0. The first-order valence-corrected chi connectivity index (χ1v) is 8.34. The van der Waals surface area contributed by atoms with E-state index in [9.17, 15) is 9.59 Å². The Hall–Kier alpha value is -1.50. The van der Waals surface area contributed by atoms with Crippen LogP contribution in [-0.4, -0.2) is 24.1 Å². The third kappa shape index (κ3) is 11.2. The molecule has 0 aromatic heterocycles. The van der Waals surface area contributed by atoms with Gasteiger partial charge in [0.05, 0.1) is 6.10 Å². The van der Waals surface area contributed by atoms with Gasteiger partial charge in [-0.15, -0.1) is 5.92 Å². The molecule has 4 nitrogen and oxygen atoms in total.